The molecule has 0 aromatic carbocycles. The third kappa shape index (κ3) is 1.32. The normalized spacial score (nSPS) is 9.90. The van der Waals surface area contributed by atoms with Crippen LogP contribution in [0.3, 0.4) is 0 Å². The summed E-state index contributed by atoms with van der Waals surface area (Å²) in [6.45, 7) is 3.37. The molecule has 1 aromatic heterocycles. The third-order valence-corrected chi connectivity index (χ3v) is 1.50. The summed E-state index contributed by atoms with van der Waals surface area (Å²) in [4.78, 5) is 3.97. The summed E-state index contributed by atoms with van der Waals surface area (Å²) >= 11 is 0. The summed E-state index contributed by atoms with van der Waals surface area (Å²) < 4.78 is 12.1. The third-order valence-electron chi connectivity index (χ3n) is 1.50. The summed E-state index contributed by atoms with van der Waals surface area (Å²) in [7, 11) is 0. The van der Waals surface area contributed by atoms with E-state index in [1.807, 2.05) is 19.9 Å². The molecule has 0 spiro atoms. The van der Waals surface area contributed by atoms with E-state index < -0.39 is 6.67 Å². The minimum atomic E-state index is -0.418. The van der Waals surface area contributed by atoms with Gasteiger partial charge in [0.25, 0.3) is 0 Å². The first kappa shape index (κ1) is 7.19. The van der Waals surface area contributed by atoms with Crippen LogP contribution < -0.4 is 0 Å². The maximum atomic E-state index is 12.1. The van der Waals surface area contributed by atoms with Gasteiger partial charge in [-0.05, 0) is 25.5 Å². The van der Waals surface area contributed by atoms with Gasteiger partial charge in [-0.1, -0.05) is 0 Å². The molecule has 0 aliphatic carbocycles. The van der Waals surface area contributed by atoms with Crippen LogP contribution in [0, 0.1) is 13.8 Å². The number of aryl methyl sites for hydroxylation is 2. The molecule has 0 fully saturated rings. The van der Waals surface area contributed by atoms with Crippen molar-refractivity contribution < 1.29 is 4.39 Å². The minimum Gasteiger partial charge on any atom is -0.261 e. The highest BCUT2D eigenvalue weighted by atomic mass is 19.1. The van der Waals surface area contributed by atoms with Gasteiger partial charge in [0.2, 0.25) is 0 Å². The van der Waals surface area contributed by atoms with Crippen molar-refractivity contribution in [3.05, 3.63) is 29.1 Å². The van der Waals surface area contributed by atoms with Crippen LogP contribution in [0.15, 0.2) is 12.3 Å². The van der Waals surface area contributed by atoms with Crippen molar-refractivity contribution in [2.45, 2.75) is 20.5 Å². The van der Waals surface area contributed by atoms with Gasteiger partial charge in [0, 0.05) is 17.5 Å². The fraction of sp³-hybridized carbons (Fsp3) is 0.375. The molecule has 0 bridgehead atoms. The Morgan fingerprint density at radius 3 is 2.70 bits per heavy atom. The first-order chi connectivity index (χ1) is 4.74. The molecule has 0 saturated carbocycles. The number of hydrogen-bond donors (Lipinski definition) is 0. The van der Waals surface area contributed by atoms with Crippen LogP contribution in [-0.2, 0) is 6.67 Å². The molecular formula is C8H10FN. The fourth-order valence-corrected chi connectivity index (χ4v) is 0.865. The van der Waals surface area contributed by atoms with E-state index >= 15 is 0 Å². The lowest BCUT2D eigenvalue weighted by Crippen LogP contribution is -1.89. The largest absolute Gasteiger partial charge is 0.261 e. The summed E-state index contributed by atoms with van der Waals surface area (Å²) in [6, 6.07) is 1.88. The van der Waals surface area contributed by atoms with Crippen LogP contribution >= 0.6 is 0 Å². The molecule has 0 atom stereocenters. The highest BCUT2D eigenvalue weighted by Gasteiger charge is 1.96. The molecule has 54 valence electrons. The van der Waals surface area contributed by atoms with Gasteiger partial charge in [0.15, 0.2) is 0 Å². The Morgan fingerprint density at radius 2 is 2.20 bits per heavy atom. The van der Waals surface area contributed by atoms with Gasteiger partial charge in [-0.3, -0.25) is 4.98 Å². The zero-order chi connectivity index (χ0) is 7.56. The second kappa shape index (κ2) is 2.78. The number of alkyl halides is 1. The number of aromatic nitrogens is 1. The van der Waals surface area contributed by atoms with Crippen molar-refractivity contribution >= 4 is 0 Å². The van der Waals surface area contributed by atoms with Crippen LogP contribution in [0.2, 0.25) is 0 Å². The minimum absolute atomic E-state index is 0.418. The molecule has 0 aliphatic rings. The van der Waals surface area contributed by atoms with Gasteiger partial charge in [-0.25, -0.2) is 4.39 Å². The highest BCUT2D eigenvalue weighted by Crippen LogP contribution is 2.08. The summed E-state index contributed by atoms with van der Waals surface area (Å²) in [5.41, 5.74) is 2.61. The molecule has 0 aliphatic heterocycles. The number of hydrogen-bond acceptors (Lipinski definition) is 1. The lowest BCUT2D eigenvalue weighted by Gasteiger charge is -1.99. The van der Waals surface area contributed by atoms with Gasteiger partial charge >= 0.3 is 0 Å². The number of rotatable bonds is 1. The summed E-state index contributed by atoms with van der Waals surface area (Å²) in [5, 5.41) is 0. The molecule has 1 heterocycles. The molecule has 0 N–H and O–H groups in total. The van der Waals surface area contributed by atoms with Gasteiger partial charge < -0.3 is 0 Å². The first-order valence-electron chi connectivity index (χ1n) is 3.22. The molecule has 1 rings (SSSR count). The van der Waals surface area contributed by atoms with Crippen LogP contribution in [0.4, 0.5) is 4.39 Å². The van der Waals surface area contributed by atoms with Crippen molar-refractivity contribution in [3.8, 4) is 0 Å². The lowest BCUT2D eigenvalue weighted by atomic mass is 10.1. The molecule has 2 heteroatoms. The topological polar surface area (TPSA) is 12.9 Å². The zero-order valence-electron chi connectivity index (χ0n) is 6.19. The molecule has 10 heavy (non-hydrogen) atoms. The molecule has 0 radical (unpaired) electrons. The Balaban J connectivity index is 3.07. The predicted molar refractivity (Wildman–Crippen MR) is 38.5 cm³/mol. The van der Waals surface area contributed by atoms with Gasteiger partial charge in [-0.15, -0.1) is 0 Å². The van der Waals surface area contributed by atoms with Gasteiger partial charge in [0.1, 0.15) is 6.67 Å². The van der Waals surface area contributed by atoms with E-state index in [9.17, 15) is 4.39 Å². The van der Waals surface area contributed by atoms with Gasteiger partial charge in [-0.2, -0.15) is 0 Å². The number of pyridine rings is 1. The highest BCUT2D eigenvalue weighted by molar-refractivity contribution is 5.23. The van der Waals surface area contributed by atoms with Crippen LogP contribution in [0.5, 0.6) is 0 Å². The molecule has 0 saturated heterocycles. The second-order valence-corrected chi connectivity index (χ2v) is 2.39. The van der Waals surface area contributed by atoms with E-state index in [1.165, 1.54) is 0 Å². The predicted octanol–water partition coefficient (Wildman–Crippen LogP) is 2.17. The summed E-state index contributed by atoms with van der Waals surface area (Å²) in [5.74, 6) is 0. The van der Waals surface area contributed by atoms with Crippen molar-refractivity contribution in [2.75, 3.05) is 0 Å². The SMILES string of the molecule is Cc1cc(C)c(CF)cn1. The molecule has 0 unspecified atom stereocenters. The second-order valence-electron chi connectivity index (χ2n) is 2.39. The standard InChI is InChI=1S/C8H10FN/c1-6-3-7(2)10-5-8(6)4-9/h3,5H,4H2,1-2H3. The van der Waals surface area contributed by atoms with Crippen molar-refractivity contribution in [1.29, 1.82) is 0 Å². The van der Waals surface area contributed by atoms with E-state index in [1.54, 1.807) is 6.20 Å². The Labute approximate surface area is 59.9 Å². The van der Waals surface area contributed by atoms with E-state index in [4.69, 9.17) is 0 Å². The van der Waals surface area contributed by atoms with Crippen LogP contribution in [-0.4, -0.2) is 4.98 Å². The van der Waals surface area contributed by atoms with Crippen LogP contribution in [0.1, 0.15) is 16.8 Å². The van der Waals surface area contributed by atoms with Crippen molar-refractivity contribution in [3.63, 3.8) is 0 Å². The number of nitrogens with zero attached hydrogens (tertiary/aromatic N) is 1. The van der Waals surface area contributed by atoms with E-state index in [2.05, 4.69) is 4.98 Å². The molecule has 1 aromatic rings. The van der Waals surface area contributed by atoms with Crippen LogP contribution in [0.25, 0.3) is 0 Å². The average molecular weight is 139 g/mol. The lowest BCUT2D eigenvalue weighted by molar-refractivity contribution is 0.482. The first-order valence-corrected chi connectivity index (χ1v) is 3.22. The maximum absolute atomic E-state index is 12.1. The van der Waals surface area contributed by atoms with E-state index in [0.29, 0.717) is 5.56 Å². The average Bonchev–Trinajstić information content (AvgIpc) is 1.88. The zero-order valence-corrected chi connectivity index (χ0v) is 6.19. The summed E-state index contributed by atoms with van der Waals surface area (Å²) in [6.07, 6.45) is 1.59. The molecule has 1 nitrogen and oxygen atoms in total. The molecular weight excluding hydrogens is 129 g/mol. The molecule has 0 amide bonds. The Kier molecular flexibility index (Phi) is 2.00. The Bertz CT molecular complexity index is 233. The number of halogens is 1. The van der Waals surface area contributed by atoms with Crippen molar-refractivity contribution in [2.24, 2.45) is 0 Å². The van der Waals surface area contributed by atoms with Crippen molar-refractivity contribution in [1.82, 2.24) is 4.98 Å². The fourth-order valence-electron chi connectivity index (χ4n) is 0.865. The van der Waals surface area contributed by atoms with Gasteiger partial charge in [0.05, 0.1) is 0 Å². The Hall–Kier alpha value is -0.920. The maximum Gasteiger partial charge on any atom is 0.116 e. The monoisotopic (exact) mass is 139 g/mol. The quantitative estimate of drug-likeness (QED) is 0.581. The Morgan fingerprint density at radius 1 is 1.50 bits per heavy atom. The smallest absolute Gasteiger partial charge is 0.116 e. The van der Waals surface area contributed by atoms with E-state index in [-0.39, 0.29) is 0 Å². The van der Waals surface area contributed by atoms with E-state index in [0.717, 1.165) is 11.3 Å².